The zero-order valence-corrected chi connectivity index (χ0v) is 14.5. The number of nitrogens with one attached hydrogen (secondary N) is 1. The Kier molecular flexibility index (Phi) is 6.20. The van der Waals surface area contributed by atoms with Gasteiger partial charge in [0.1, 0.15) is 5.01 Å². The van der Waals surface area contributed by atoms with Gasteiger partial charge < -0.3 is 15.3 Å². The minimum atomic E-state index is -0.271. The first-order chi connectivity index (χ1) is 10.5. The van der Waals surface area contributed by atoms with Crippen LogP contribution >= 0.6 is 11.3 Å². The fraction of sp³-hybridized carbons (Fsp3) is 0.750. The number of carbonyl (C=O) groups excluding carboxylic acids is 1. The summed E-state index contributed by atoms with van der Waals surface area (Å²) >= 11 is 1.59. The third kappa shape index (κ3) is 4.43. The van der Waals surface area contributed by atoms with Gasteiger partial charge in [-0.25, -0.2) is 9.78 Å². The predicted molar refractivity (Wildman–Crippen MR) is 89.0 cm³/mol. The lowest BCUT2D eigenvalue weighted by molar-refractivity contribution is 0.0562. The van der Waals surface area contributed by atoms with E-state index in [9.17, 15) is 9.90 Å². The molecule has 1 aromatic rings. The molecule has 0 radical (unpaired) electrons. The number of rotatable bonds is 5. The van der Waals surface area contributed by atoms with Gasteiger partial charge >= 0.3 is 6.03 Å². The number of thiazole rings is 1. The number of aliphatic hydroxyl groups is 1. The van der Waals surface area contributed by atoms with E-state index in [-0.39, 0.29) is 24.1 Å². The molecule has 1 aliphatic carbocycles. The van der Waals surface area contributed by atoms with E-state index in [1.54, 1.807) is 23.3 Å². The van der Waals surface area contributed by atoms with Crippen LogP contribution < -0.4 is 5.32 Å². The molecule has 0 aliphatic heterocycles. The van der Waals surface area contributed by atoms with E-state index in [1.807, 2.05) is 19.2 Å². The SMILES string of the molecule is CCC(NC(=O)N(C)CC1CCCCC1O)c1nc(C)cs1. The predicted octanol–water partition coefficient (Wildman–Crippen LogP) is 3.10. The van der Waals surface area contributed by atoms with Crippen molar-refractivity contribution in [2.24, 2.45) is 5.92 Å². The zero-order chi connectivity index (χ0) is 16.1. The average molecular weight is 325 g/mol. The molecule has 22 heavy (non-hydrogen) atoms. The van der Waals surface area contributed by atoms with Crippen molar-refractivity contribution in [1.82, 2.24) is 15.2 Å². The lowest BCUT2D eigenvalue weighted by Crippen LogP contribution is -2.44. The molecule has 5 nitrogen and oxygen atoms in total. The summed E-state index contributed by atoms with van der Waals surface area (Å²) in [5, 5.41) is 16.1. The minimum absolute atomic E-state index is 0.0371. The molecule has 1 saturated carbocycles. The number of urea groups is 1. The normalized spacial score (nSPS) is 23.1. The fourth-order valence-electron chi connectivity index (χ4n) is 2.97. The van der Waals surface area contributed by atoms with Gasteiger partial charge in [-0.2, -0.15) is 0 Å². The molecule has 2 amide bonds. The van der Waals surface area contributed by atoms with Crippen molar-refractivity contribution < 1.29 is 9.90 Å². The Morgan fingerprint density at radius 1 is 1.55 bits per heavy atom. The largest absolute Gasteiger partial charge is 0.393 e. The molecule has 1 aromatic heterocycles. The van der Waals surface area contributed by atoms with Crippen LogP contribution in [0.15, 0.2) is 5.38 Å². The van der Waals surface area contributed by atoms with Crippen LogP contribution in [0.4, 0.5) is 4.79 Å². The van der Waals surface area contributed by atoms with Crippen molar-refractivity contribution in [3.8, 4) is 0 Å². The van der Waals surface area contributed by atoms with E-state index in [0.717, 1.165) is 42.8 Å². The highest BCUT2D eigenvalue weighted by molar-refractivity contribution is 7.09. The van der Waals surface area contributed by atoms with Crippen LogP contribution in [0.3, 0.4) is 0 Å². The number of amides is 2. The summed E-state index contributed by atoms with van der Waals surface area (Å²) in [5.74, 6) is 0.201. The molecule has 0 aromatic carbocycles. The highest BCUT2D eigenvalue weighted by atomic mass is 32.1. The Hall–Kier alpha value is -1.14. The van der Waals surface area contributed by atoms with Crippen molar-refractivity contribution in [1.29, 1.82) is 0 Å². The summed E-state index contributed by atoms with van der Waals surface area (Å²) < 4.78 is 0. The van der Waals surface area contributed by atoms with Gasteiger partial charge in [0.15, 0.2) is 0 Å². The maximum absolute atomic E-state index is 12.4. The van der Waals surface area contributed by atoms with Gasteiger partial charge in [-0.3, -0.25) is 0 Å². The smallest absolute Gasteiger partial charge is 0.317 e. The summed E-state index contributed by atoms with van der Waals surface area (Å²) in [5.41, 5.74) is 0.992. The number of carbonyl (C=O) groups is 1. The summed E-state index contributed by atoms with van der Waals surface area (Å²) in [6.07, 6.45) is 4.64. The highest BCUT2D eigenvalue weighted by Gasteiger charge is 2.26. The first kappa shape index (κ1) is 17.2. The Morgan fingerprint density at radius 2 is 2.27 bits per heavy atom. The quantitative estimate of drug-likeness (QED) is 0.874. The number of aliphatic hydroxyl groups excluding tert-OH is 1. The van der Waals surface area contributed by atoms with Gasteiger partial charge in [0.05, 0.1) is 12.1 Å². The number of aryl methyl sites for hydroxylation is 1. The summed E-state index contributed by atoms with van der Waals surface area (Å²) in [6.45, 7) is 4.62. The molecule has 3 atom stereocenters. The van der Waals surface area contributed by atoms with Gasteiger partial charge in [0.2, 0.25) is 0 Å². The highest BCUT2D eigenvalue weighted by Crippen LogP contribution is 2.25. The van der Waals surface area contributed by atoms with Crippen LogP contribution in [0.2, 0.25) is 0 Å². The van der Waals surface area contributed by atoms with E-state index in [4.69, 9.17) is 0 Å². The van der Waals surface area contributed by atoms with Gasteiger partial charge in [0, 0.05) is 30.6 Å². The monoisotopic (exact) mass is 325 g/mol. The number of hydrogen-bond donors (Lipinski definition) is 2. The molecule has 2 rings (SSSR count). The second kappa shape index (κ2) is 7.92. The Labute approximate surface area is 136 Å². The molecule has 1 aliphatic rings. The maximum atomic E-state index is 12.4. The Balaban J connectivity index is 1.89. The van der Waals surface area contributed by atoms with E-state index in [1.165, 1.54) is 0 Å². The second-order valence-corrected chi connectivity index (χ2v) is 7.12. The number of hydrogen-bond acceptors (Lipinski definition) is 4. The van der Waals surface area contributed by atoms with Crippen LogP contribution in [-0.2, 0) is 0 Å². The topological polar surface area (TPSA) is 65.5 Å². The summed E-state index contributed by atoms with van der Waals surface area (Å²) in [4.78, 5) is 18.5. The van der Waals surface area contributed by atoms with Crippen molar-refractivity contribution >= 4 is 17.4 Å². The second-order valence-electron chi connectivity index (χ2n) is 6.23. The van der Waals surface area contributed by atoms with Gasteiger partial charge in [-0.15, -0.1) is 11.3 Å². The van der Waals surface area contributed by atoms with Crippen LogP contribution in [0.1, 0.15) is 55.8 Å². The molecule has 0 spiro atoms. The van der Waals surface area contributed by atoms with E-state index < -0.39 is 0 Å². The average Bonchev–Trinajstić information content (AvgIpc) is 2.93. The maximum Gasteiger partial charge on any atom is 0.317 e. The molecule has 6 heteroatoms. The molecule has 2 N–H and O–H groups in total. The lowest BCUT2D eigenvalue weighted by atomic mass is 9.86. The van der Waals surface area contributed by atoms with Crippen LogP contribution in [-0.4, -0.2) is 40.7 Å². The Bertz CT molecular complexity index is 491. The van der Waals surface area contributed by atoms with Crippen LogP contribution in [0.5, 0.6) is 0 Å². The van der Waals surface area contributed by atoms with Crippen LogP contribution in [0, 0.1) is 12.8 Å². The molecule has 1 fully saturated rings. The Morgan fingerprint density at radius 3 is 2.86 bits per heavy atom. The van der Waals surface area contributed by atoms with Gasteiger partial charge in [-0.1, -0.05) is 19.8 Å². The first-order valence-corrected chi connectivity index (χ1v) is 9.01. The molecule has 0 saturated heterocycles. The summed E-state index contributed by atoms with van der Waals surface area (Å²) in [7, 11) is 1.80. The van der Waals surface area contributed by atoms with Crippen molar-refractivity contribution in [2.45, 2.75) is 58.1 Å². The van der Waals surface area contributed by atoms with E-state index in [2.05, 4.69) is 10.3 Å². The zero-order valence-electron chi connectivity index (χ0n) is 13.7. The fourth-order valence-corrected chi connectivity index (χ4v) is 3.90. The summed E-state index contributed by atoms with van der Waals surface area (Å²) in [6, 6.07) is -0.123. The molecule has 0 bridgehead atoms. The first-order valence-electron chi connectivity index (χ1n) is 8.13. The number of aromatic nitrogens is 1. The standard InChI is InChI=1S/C16H27N3O2S/c1-4-13(15-17-11(2)10-22-15)18-16(21)19(3)9-12-7-5-6-8-14(12)20/h10,12-14,20H,4-9H2,1-3H3,(H,18,21). The van der Waals surface area contributed by atoms with Crippen molar-refractivity contribution in [3.63, 3.8) is 0 Å². The molecular weight excluding hydrogens is 298 g/mol. The minimum Gasteiger partial charge on any atom is -0.393 e. The van der Waals surface area contributed by atoms with Crippen LogP contribution in [0.25, 0.3) is 0 Å². The van der Waals surface area contributed by atoms with Crippen molar-refractivity contribution in [3.05, 3.63) is 16.1 Å². The molecule has 3 unspecified atom stereocenters. The molecular formula is C16H27N3O2S. The number of nitrogens with zero attached hydrogens (tertiary/aromatic N) is 2. The van der Waals surface area contributed by atoms with E-state index in [0.29, 0.717) is 6.54 Å². The van der Waals surface area contributed by atoms with Crippen molar-refractivity contribution in [2.75, 3.05) is 13.6 Å². The lowest BCUT2D eigenvalue weighted by Gasteiger charge is -2.31. The molecule has 1 heterocycles. The van der Waals surface area contributed by atoms with Gasteiger partial charge in [-0.05, 0) is 26.2 Å². The van der Waals surface area contributed by atoms with E-state index >= 15 is 0 Å². The van der Waals surface area contributed by atoms with Gasteiger partial charge in [0.25, 0.3) is 0 Å². The third-order valence-electron chi connectivity index (χ3n) is 4.36. The molecule has 124 valence electrons. The third-order valence-corrected chi connectivity index (χ3v) is 5.44.